The fourth-order valence-corrected chi connectivity index (χ4v) is 2.39. The molecule has 5 heteroatoms. The van der Waals surface area contributed by atoms with Crippen LogP contribution in [0.1, 0.15) is 44.1 Å². The van der Waals surface area contributed by atoms with Crippen molar-refractivity contribution < 1.29 is 0 Å². The van der Waals surface area contributed by atoms with Gasteiger partial charge in [0.1, 0.15) is 0 Å². The highest BCUT2D eigenvalue weighted by Crippen LogP contribution is 2.29. The lowest BCUT2D eigenvalue weighted by Gasteiger charge is -2.21. The minimum Gasteiger partial charge on any atom is -0.305 e. The van der Waals surface area contributed by atoms with Crippen molar-refractivity contribution in [1.29, 1.82) is 0 Å². The molecule has 1 atom stereocenters. The van der Waals surface area contributed by atoms with E-state index in [-0.39, 0.29) is 12.1 Å². The third-order valence-electron chi connectivity index (χ3n) is 2.98. The number of hydrogen-bond donors (Lipinski definition) is 1. The Kier molecular flexibility index (Phi) is 4.56. The number of aromatic nitrogens is 3. The van der Waals surface area contributed by atoms with Crippen molar-refractivity contribution in [2.24, 2.45) is 0 Å². The molecule has 0 aliphatic rings. The van der Waals surface area contributed by atoms with Gasteiger partial charge in [-0.05, 0) is 32.0 Å². The molecule has 0 saturated heterocycles. The van der Waals surface area contributed by atoms with Crippen LogP contribution in [0.5, 0.6) is 0 Å². The molecule has 102 valence electrons. The largest absolute Gasteiger partial charge is 0.305 e. The summed E-state index contributed by atoms with van der Waals surface area (Å²) in [7, 11) is 0. The van der Waals surface area contributed by atoms with Gasteiger partial charge in [-0.1, -0.05) is 24.6 Å². The molecule has 2 heterocycles. The van der Waals surface area contributed by atoms with Crippen molar-refractivity contribution in [1.82, 2.24) is 20.1 Å². The summed E-state index contributed by atoms with van der Waals surface area (Å²) in [6, 6.07) is 4.26. The van der Waals surface area contributed by atoms with Crippen LogP contribution in [0, 0.1) is 0 Å². The lowest BCUT2D eigenvalue weighted by Crippen LogP contribution is -2.26. The van der Waals surface area contributed by atoms with E-state index in [0.717, 1.165) is 17.8 Å². The molecule has 0 aliphatic heterocycles. The van der Waals surface area contributed by atoms with Crippen LogP contribution in [-0.2, 0) is 0 Å². The normalized spacial score (nSPS) is 12.9. The van der Waals surface area contributed by atoms with E-state index >= 15 is 0 Å². The molecule has 0 radical (unpaired) electrons. The summed E-state index contributed by atoms with van der Waals surface area (Å²) in [4.78, 5) is 4.19. The first-order chi connectivity index (χ1) is 9.15. The minimum atomic E-state index is 0.0103. The van der Waals surface area contributed by atoms with Gasteiger partial charge in [-0.2, -0.15) is 5.10 Å². The zero-order valence-electron chi connectivity index (χ0n) is 11.5. The number of pyridine rings is 1. The summed E-state index contributed by atoms with van der Waals surface area (Å²) >= 11 is 6.33. The second-order valence-electron chi connectivity index (χ2n) is 4.69. The summed E-state index contributed by atoms with van der Waals surface area (Å²) in [6.07, 6.45) is 5.34. The zero-order valence-corrected chi connectivity index (χ0v) is 12.2. The van der Waals surface area contributed by atoms with E-state index in [9.17, 15) is 0 Å². The van der Waals surface area contributed by atoms with Gasteiger partial charge < -0.3 is 5.32 Å². The highest BCUT2D eigenvalue weighted by Gasteiger charge is 2.22. The maximum atomic E-state index is 6.33. The Hall–Kier alpha value is -1.39. The highest BCUT2D eigenvalue weighted by atomic mass is 35.5. The predicted octanol–water partition coefficient (Wildman–Crippen LogP) is 3.21. The molecule has 1 unspecified atom stereocenters. The Bertz CT molecular complexity index is 521. The summed E-state index contributed by atoms with van der Waals surface area (Å²) in [5, 5.41) is 8.50. The van der Waals surface area contributed by atoms with Crippen LogP contribution in [0.25, 0.3) is 0 Å². The maximum Gasteiger partial charge on any atom is 0.0837 e. The molecule has 0 bridgehead atoms. The van der Waals surface area contributed by atoms with E-state index in [1.165, 1.54) is 0 Å². The first-order valence-corrected chi connectivity index (χ1v) is 6.89. The molecule has 2 rings (SSSR count). The molecular weight excluding hydrogens is 260 g/mol. The third-order valence-corrected chi connectivity index (χ3v) is 3.27. The van der Waals surface area contributed by atoms with Crippen LogP contribution in [0.3, 0.4) is 0 Å². The molecule has 0 spiro atoms. The van der Waals surface area contributed by atoms with E-state index in [0.29, 0.717) is 5.02 Å². The number of nitrogens with one attached hydrogen (secondary N) is 1. The van der Waals surface area contributed by atoms with Crippen LogP contribution in [-0.4, -0.2) is 21.3 Å². The Morgan fingerprint density at radius 3 is 2.74 bits per heavy atom. The average Bonchev–Trinajstić information content (AvgIpc) is 2.79. The third kappa shape index (κ3) is 2.96. The van der Waals surface area contributed by atoms with E-state index < -0.39 is 0 Å². The monoisotopic (exact) mass is 278 g/mol. The Morgan fingerprint density at radius 1 is 1.37 bits per heavy atom. The van der Waals surface area contributed by atoms with Crippen molar-refractivity contribution >= 4 is 11.6 Å². The molecule has 0 aromatic carbocycles. The number of hydrogen-bond acceptors (Lipinski definition) is 3. The minimum absolute atomic E-state index is 0.0103. The lowest BCUT2D eigenvalue weighted by molar-refractivity contribution is 0.476. The van der Waals surface area contributed by atoms with Crippen molar-refractivity contribution in [3.8, 4) is 0 Å². The second kappa shape index (κ2) is 6.17. The first kappa shape index (κ1) is 14.0. The van der Waals surface area contributed by atoms with Crippen LogP contribution in [0.15, 0.2) is 30.7 Å². The SMILES string of the molecule is CCNC(c1cccnc1)c1c(Cl)cnn1C(C)C. The molecule has 4 nitrogen and oxygen atoms in total. The van der Waals surface area contributed by atoms with Gasteiger partial charge in [0.05, 0.1) is 23.0 Å². The number of rotatable bonds is 5. The summed E-state index contributed by atoms with van der Waals surface area (Å²) in [5.74, 6) is 0. The molecule has 2 aromatic rings. The second-order valence-corrected chi connectivity index (χ2v) is 5.10. The Morgan fingerprint density at radius 2 is 2.16 bits per heavy atom. The molecule has 0 saturated carbocycles. The van der Waals surface area contributed by atoms with Crippen LogP contribution in [0.4, 0.5) is 0 Å². The molecule has 0 aliphatic carbocycles. The fraction of sp³-hybridized carbons (Fsp3) is 0.429. The van der Waals surface area contributed by atoms with Crippen molar-refractivity contribution in [2.45, 2.75) is 32.9 Å². The van der Waals surface area contributed by atoms with Gasteiger partial charge in [0.25, 0.3) is 0 Å². The summed E-state index contributed by atoms with van der Waals surface area (Å²) in [5.41, 5.74) is 2.08. The van der Waals surface area contributed by atoms with E-state index in [2.05, 4.69) is 36.2 Å². The van der Waals surface area contributed by atoms with Crippen LogP contribution < -0.4 is 5.32 Å². The van der Waals surface area contributed by atoms with Crippen molar-refractivity contribution in [3.05, 3.63) is 47.0 Å². The van der Waals surface area contributed by atoms with Gasteiger partial charge in [0.15, 0.2) is 0 Å². The molecule has 1 N–H and O–H groups in total. The topological polar surface area (TPSA) is 42.7 Å². The van der Waals surface area contributed by atoms with Gasteiger partial charge >= 0.3 is 0 Å². The first-order valence-electron chi connectivity index (χ1n) is 6.51. The Balaban J connectivity index is 2.48. The standard InChI is InChI=1S/C14H19ClN4/c1-4-17-13(11-6-5-7-16-8-11)14-12(15)9-18-19(14)10(2)3/h5-10,13,17H,4H2,1-3H3. The highest BCUT2D eigenvalue weighted by molar-refractivity contribution is 6.31. The smallest absolute Gasteiger partial charge is 0.0837 e. The zero-order chi connectivity index (χ0) is 13.8. The molecule has 2 aromatic heterocycles. The van der Waals surface area contributed by atoms with E-state index in [4.69, 9.17) is 11.6 Å². The molecular formula is C14H19ClN4. The Labute approximate surface area is 118 Å². The molecule has 0 fully saturated rings. The van der Waals surface area contributed by atoms with Crippen LogP contribution >= 0.6 is 11.6 Å². The summed E-state index contributed by atoms with van der Waals surface area (Å²) in [6.45, 7) is 7.12. The van der Waals surface area contributed by atoms with E-state index in [1.54, 1.807) is 12.4 Å². The van der Waals surface area contributed by atoms with E-state index in [1.807, 2.05) is 23.0 Å². The average molecular weight is 279 g/mol. The maximum absolute atomic E-state index is 6.33. The lowest BCUT2D eigenvalue weighted by atomic mass is 10.1. The van der Waals surface area contributed by atoms with Gasteiger partial charge in [0, 0.05) is 18.4 Å². The van der Waals surface area contributed by atoms with Gasteiger partial charge in [-0.15, -0.1) is 0 Å². The quantitative estimate of drug-likeness (QED) is 0.913. The van der Waals surface area contributed by atoms with Crippen LogP contribution in [0.2, 0.25) is 5.02 Å². The van der Waals surface area contributed by atoms with Gasteiger partial charge in [0.2, 0.25) is 0 Å². The molecule has 0 amide bonds. The van der Waals surface area contributed by atoms with Crippen molar-refractivity contribution in [2.75, 3.05) is 6.54 Å². The fourth-order valence-electron chi connectivity index (χ4n) is 2.16. The van der Waals surface area contributed by atoms with Crippen molar-refractivity contribution in [3.63, 3.8) is 0 Å². The number of nitrogens with zero attached hydrogens (tertiary/aromatic N) is 3. The predicted molar refractivity (Wildman–Crippen MR) is 77.4 cm³/mol. The van der Waals surface area contributed by atoms with Gasteiger partial charge in [-0.25, -0.2) is 0 Å². The van der Waals surface area contributed by atoms with Gasteiger partial charge in [-0.3, -0.25) is 9.67 Å². The number of halogens is 1. The summed E-state index contributed by atoms with van der Waals surface area (Å²) < 4.78 is 1.96. The molecule has 19 heavy (non-hydrogen) atoms.